The molecule has 1 aromatic heterocycles. The van der Waals surface area contributed by atoms with Crippen LogP contribution in [0.2, 0.25) is 0 Å². The number of nitrogens with zero attached hydrogens (tertiary/aromatic N) is 1. The molecule has 0 aromatic carbocycles. The summed E-state index contributed by atoms with van der Waals surface area (Å²) >= 11 is 0. The van der Waals surface area contributed by atoms with Crippen LogP contribution < -0.4 is 10.5 Å². The SMILES string of the molecule is Cc1[nH]nc(C(=O)NCC2(C3CC3)CC2)c1S(N)(=O)=O. The Labute approximate surface area is 117 Å². The van der Waals surface area contributed by atoms with E-state index in [0.717, 1.165) is 18.8 Å². The summed E-state index contributed by atoms with van der Waals surface area (Å²) < 4.78 is 23.0. The van der Waals surface area contributed by atoms with Gasteiger partial charge in [0.05, 0.1) is 5.69 Å². The summed E-state index contributed by atoms with van der Waals surface area (Å²) in [5, 5.41) is 14.2. The molecule has 4 N–H and O–H groups in total. The Kier molecular flexibility index (Phi) is 2.91. The maximum Gasteiger partial charge on any atom is 0.273 e. The van der Waals surface area contributed by atoms with Crippen molar-refractivity contribution in [3.63, 3.8) is 0 Å². The molecule has 1 heterocycles. The normalized spacial score (nSPS) is 20.7. The van der Waals surface area contributed by atoms with E-state index in [-0.39, 0.29) is 21.7 Å². The van der Waals surface area contributed by atoms with Crippen molar-refractivity contribution in [3.8, 4) is 0 Å². The molecule has 0 spiro atoms. The minimum Gasteiger partial charge on any atom is -0.350 e. The van der Waals surface area contributed by atoms with Gasteiger partial charge in [-0.05, 0) is 43.9 Å². The molecule has 0 saturated heterocycles. The highest BCUT2D eigenvalue weighted by molar-refractivity contribution is 7.89. The van der Waals surface area contributed by atoms with Crippen molar-refractivity contribution >= 4 is 15.9 Å². The fraction of sp³-hybridized carbons (Fsp3) is 0.667. The van der Waals surface area contributed by atoms with Crippen LogP contribution in [0.1, 0.15) is 41.9 Å². The largest absolute Gasteiger partial charge is 0.350 e. The smallest absolute Gasteiger partial charge is 0.273 e. The number of sulfonamides is 1. The fourth-order valence-electron chi connectivity index (χ4n) is 2.85. The van der Waals surface area contributed by atoms with Gasteiger partial charge in [-0.1, -0.05) is 0 Å². The van der Waals surface area contributed by atoms with Crippen molar-refractivity contribution in [2.24, 2.45) is 16.5 Å². The number of nitrogens with two attached hydrogens (primary N) is 1. The van der Waals surface area contributed by atoms with Crippen molar-refractivity contribution in [1.82, 2.24) is 15.5 Å². The van der Waals surface area contributed by atoms with Gasteiger partial charge >= 0.3 is 0 Å². The quantitative estimate of drug-likeness (QED) is 0.723. The second-order valence-corrected chi connectivity index (χ2v) is 7.39. The molecule has 0 atom stereocenters. The highest BCUT2D eigenvalue weighted by atomic mass is 32.2. The number of primary sulfonamides is 1. The number of amides is 1. The van der Waals surface area contributed by atoms with Crippen LogP contribution in [-0.2, 0) is 10.0 Å². The number of carbonyl (C=O) groups is 1. The molecular weight excluding hydrogens is 280 g/mol. The number of nitrogens with one attached hydrogen (secondary N) is 2. The van der Waals surface area contributed by atoms with E-state index in [9.17, 15) is 13.2 Å². The Hall–Kier alpha value is -1.41. The van der Waals surface area contributed by atoms with Gasteiger partial charge in [-0.25, -0.2) is 13.6 Å². The topological polar surface area (TPSA) is 118 Å². The van der Waals surface area contributed by atoms with Crippen LogP contribution >= 0.6 is 0 Å². The first-order chi connectivity index (χ1) is 9.33. The highest BCUT2D eigenvalue weighted by Crippen LogP contribution is 2.60. The summed E-state index contributed by atoms with van der Waals surface area (Å²) in [6, 6.07) is 0. The molecule has 3 rings (SSSR count). The lowest BCUT2D eigenvalue weighted by atomic mass is 10.0. The zero-order chi connectivity index (χ0) is 14.5. The number of H-pyrrole nitrogens is 1. The van der Waals surface area contributed by atoms with E-state index in [1.807, 2.05) is 0 Å². The number of carbonyl (C=O) groups excluding carboxylic acids is 1. The molecule has 110 valence electrons. The van der Waals surface area contributed by atoms with Crippen LogP contribution in [0.3, 0.4) is 0 Å². The number of rotatable bonds is 5. The average molecular weight is 298 g/mol. The Morgan fingerprint density at radius 1 is 1.50 bits per heavy atom. The second kappa shape index (κ2) is 4.29. The monoisotopic (exact) mass is 298 g/mol. The standard InChI is InChI=1S/C12H18N4O3S/c1-7-10(20(13,18)19)9(16-15-7)11(17)14-6-12(4-5-12)8-2-3-8/h8H,2-6H2,1H3,(H,14,17)(H,15,16)(H2,13,18,19). The van der Waals surface area contributed by atoms with Crippen LogP contribution in [0.25, 0.3) is 0 Å². The summed E-state index contributed by atoms with van der Waals surface area (Å²) in [7, 11) is -3.96. The Morgan fingerprint density at radius 2 is 2.15 bits per heavy atom. The Balaban J connectivity index is 1.75. The van der Waals surface area contributed by atoms with Gasteiger partial charge in [0.25, 0.3) is 5.91 Å². The van der Waals surface area contributed by atoms with Crippen molar-refractivity contribution in [1.29, 1.82) is 0 Å². The van der Waals surface area contributed by atoms with Gasteiger partial charge < -0.3 is 5.32 Å². The molecule has 0 radical (unpaired) electrons. The molecule has 2 saturated carbocycles. The Bertz CT molecular complexity index is 656. The van der Waals surface area contributed by atoms with E-state index in [2.05, 4.69) is 15.5 Å². The van der Waals surface area contributed by atoms with Gasteiger partial charge in [-0.15, -0.1) is 0 Å². The van der Waals surface area contributed by atoms with Gasteiger partial charge in [0, 0.05) is 6.54 Å². The van der Waals surface area contributed by atoms with Crippen molar-refractivity contribution < 1.29 is 13.2 Å². The van der Waals surface area contributed by atoms with Crippen molar-refractivity contribution in [3.05, 3.63) is 11.4 Å². The van der Waals surface area contributed by atoms with Crippen molar-refractivity contribution in [2.45, 2.75) is 37.5 Å². The third kappa shape index (κ3) is 2.33. The third-order valence-corrected chi connectivity index (χ3v) is 5.40. The van der Waals surface area contributed by atoms with Crippen LogP contribution in [-0.4, -0.2) is 31.1 Å². The summed E-state index contributed by atoms with van der Waals surface area (Å²) in [5.74, 6) is 0.242. The molecule has 1 amide bonds. The lowest BCUT2D eigenvalue weighted by Gasteiger charge is -2.14. The predicted molar refractivity (Wildman–Crippen MR) is 71.4 cm³/mol. The summed E-state index contributed by atoms with van der Waals surface area (Å²) in [6.07, 6.45) is 4.75. The van der Waals surface area contributed by atoms with Crippen LogP contribution in [0.15, 0.2) is 4.90 Å². The second-order valence-electron chi connectivity index (χ2n) is 5.89. The van der Waals surface area contributed by atoms with Crippen LogP contribution in [0, 0.1) is 18.3 Å². The summed E-state index contributed by atoms with van der Waals surface area (Å²) in [6.45, 7) is 2.11. The average Bonchev–Trinajstić information content (AvgIpc) is 3.22. The van der Waals surface area contributed by atoms with Gasteiger partial charge in [-0.2, -0.15) is 5.10 Å². The molecule has 2 fully saturated rings. The van der Waals surface area contributed by atoms with E-state index < -0.39 is 15.9 Å². The van der Waals surface area contributed by atoms with E-state index in [1.165, 1.54) is 19.8 Å². The molecule has 0 bridgehead atoms. The number of hydrogen-bond donors (Lipinski definition) is 3. The predicted octanol–water partition coefficient (Wildman–Crippen LogP) is 0.286. The lowest BCUT2D eigenvalue weighted by molar-refractivity contribution is 0.0934. The van der Waals surface area contributed by atoms with Gasteiger partial charge in [0.15, 0.2) is 5.69 Å². The van der Waals surface area contributed by atoms with Crippen LogP contribution in [0.4, 0.5) is 0 Å². The number of aromatic nitrogens is 2. The molecule has 2 aliphatic rings. The van der Waals surface area contributed by atoms with Crippen LogP contribution in [0.5, 0.6) is 0 Å². The minimum absolute atomic E-state index is 0.142. The van der Waals surface area contributed by atoms with Gasteiger partial charge in [0.1, 0.15) is 4.90 Å². The minimum atomic E-state index is -3.96. The van der Waals surface area contributed by atoms with Gasteiger partial charge in [0.2, 0.25) is 10.0 Å². The molecular formula is C12H18N4O3S. The van der Waals surface area contributed by atoms with E-state index in [0.29, 0.717) is 6.54 Å². The molecule has 0 unspecified atom stereocenters. The first-order valence-electron chi connectivity index (χ1n) is 6.69. The zero-order valence-electron chi connectivity index (χ0n) is 11.3. The zero-order valence-corrected chi connectivity index (χ0v) is 12.1. The molecule has 2 aliphatic carbocycles. The first-order valence-corrected chi connectivity index (χ1v) is 8.24. The maximum absolute atomic E-state index is 12.1. The first kappa shape index (κ1) is 13.6. The molecule has 1 aromatic rings. The number of hydrogen-bond acceptors (Lipinski definition) is 4. The summed E-state index contributed by atoms with van der Waals surface area (Å²) in [5.41, 5.74) is 0.389. The number of aryl methyl sites for hydroxylation is 1. The Morgan fingerprint density at radius 3 is 2.65 bits per heavy atom. The molecule has 0 aliphatic heterocycles. The lowest BCUT2D eigenvalue weighted by Crippen LogP contribution is -2.32. The highest BCUT2D eigenvalue weighted by Gasteiger charge is 2.53. The fourth-order valence-corrected chi connectivity index (χ4v) is 3.73. The van der Waals surface area contributed by atoms with E-state index in [4.69, 9.17) is 5.14 Å². The molecule has 8 heteroatoms. The van der Waals surface area contributed by atoms with E-state index in [1.54, 1.807) is 0 Å². The van der Waals surface area contributed by atoms with E-state index >= 15 is 0 Å². The molecule has 7 nitrogen and oxygen atoms in total. The van der Waals surface area contributed by atoms with Crippen molar-refractivity contribution in [2.75, 3.05) is 6.54 Å². The maximum atomic E-state index is 12.1. The number of aromatic amines is 1. The third-order valence-electron chi connectivity index (χ3n) is 4.33. The molecule has 20 heavy (non-hydrogen) atoms. The summed E-state index contributed by atoms with van der Waals surface area (Å²) in [4.78, 5) is 11.9. The van der Waals surface area contributed by atoms with Gasteiger partial charge in [-0.3, -0.25) is 9.89 Å².